The summed E-state index contributed by atoms with van der Waals surface area (Å²) in [5.41, 5.74) is 4.90. The number of ether oxygens (including phenoxy) is 1. The zero-order chi connectivity index (χ0) is 25.2. The molecule has 0 atom stereocenters. The van der Waals surface area contributed by atoms with Gasteiger partial charge in [0.05, 0.1) is 11.4 Å². The molecule has 8 heteroatoms. The number of nitrogens with zero attached hydrogens (tertiary/aromatic N) is 3. The van der Waals surface area contributed by atoms with Gasteiger partial charge in [-0.25, -0.2) is 10.5 Å². The van der Waals surface area contributed by atoms with Gasteiger partial charge in [-0.15, -0.1) is 0 Å². The van der Waals surface area contributed by atoms with Crippen LogP contribution in [0.1, 0.15) is 17.0 Å². The number of hydroxylamine groups is 1. The van der Waals surface area contributed by atoms with Gasteiger partial charge in [-0.1, -0.05) is 36.4 Å². The third-order valence-corrected chi connectivity index (χ3v) is 5.75. The lowest BCUT2D eigenvalue weighted by Gasteiger charge is -2.35. The van der Waals surface area contributed by atoms with Crippen LogP contribution >= 0.6 is 0 Å². The van der Waals surface area contributed by atoms with Crippen molar-refractivity contribution in [2.75, 3.05) is 31.1 Å². The first-order valence-corrected chi connectivity index (χ1v) is 11.7. The molecule has 1 aliphatic rings. The van der Waals surface area contributed by atoms with Gasteiger partial charge < -0.3 is 14.5 Å². The van der Waals surface area contributed by atoms with Gasteiger partial charge in [0.1, 0.15) is 12.4 Å². The van der Waals surface area contributed by atoms with Crippen LogP contribution in [-0.4, -0.2) is 53.1 Å². The zero-order valence-corrected chi connectivity index (χ0v) is 19.8. The summed E-state index contributed by atoms with van der Waals surface area (Å²) < 4.78 is 5.87. The summed E-state index contributed by atoms with van der Waals surface area (Å²) in [5.74, 6) is 0.118. The molecule has 0 saturated carbocycles. The largest absolute Gasteiger partial charge is 0.489 e. The van der Waals surface area contributed by atoms with E-state index in [-0.39, 0.29) is 5.91 Å². The molecule has 3 aromatic rings. The summed E-state index contributed by atoms with van der Waals surface area (Å²) in [6.45, 7) is 3.28. The number of carbonyl (C=O) groups excluding carboxylic acids is 2. The number of amides is 2. The maximum absolute atomic E-state index is 12.7. The number of carbonyl (C=O) groups is 2. The molecule has 1 aromatic heterocycles. The van der Waals surface area contributed by atoms with Crippen molar-refractivity contribution >= 4 is 29.7 Å². The predicted molar refractivity (Wildman–Crippen MR) is 138 cm³/mol. The Morgan fingerprint density at radius 3 is 2.19 bits per heavy atom. The van der Waals surface area contributed by atoms with Crippen LogP contribution in [0.5, 0.6) is 5.75 Å². The Balaban J connectivity index is 1.26. The van der Waals surface area contributed by atoms with E-state index in [1.807, 2.05) is 47.4 Å². The smallest absolute Gasteiger partial charge is 0.267 e. The number of pyridine rings is 1. The number of benzene rings is 2. The Kier molecular flexibility index (Phi) is 8.45. The average Bonchev–Trinajstić information content (AvgIpc) is 2.94. The second kappa shape index (κ2) is 12.3. The Morgan fingerprint density at radius 2 is 1.53 bits per heavy atom. The van der Waals surface area contributed by atoms with Crippen LogP contribution in [-0.2, 0) is 16.2 Å². The van der Waals surface area contributed by atoms with Crippen molar-refractivity contribution in [2.24, 2.45) is 0 Å². The van der Waals surface area contributed by atoms with Gasteiger partial charge in [-0.3, -0.25) is 14.8 Å². The number of hydrogen-bond donors (Lipinski definition) is 2. The van der Waals surface area contributed by atoms with Crippen LogP contribution < -0.4 is 15.1 Å². The number of piperazine rings is 1. The predicted octanol–water partition coefficient (Wildman–Crippen LogP) is 3.54. The van der Waals surface area contributed by atoms with Gasteiger partial charge in [0.25, 0.3) is 5.91 Å². The third kappa shape index (κ3) is 7.04. The topological polar surface area (TPSA) is 95.0 Å². The highest BCUT2D eigenvalue weighted by molar-refractivity contribution is 5.92. The lowest BCUT2D eigenvalue weighted by molar-refractivity contribution is -0.126. The number of nitrogens with one attached hydrogen (secondary N) is 1. The lowest BCUT2D eigenvalue weighted by Crippen LogP contribution is -2.48. The fourth-order valence-corrected chi connectivity index (χ4v) is 3.79. The molecule has 8 nitrogen and oxygen atoms in total. The molecule has 1 aliphatic heterocycles. The Hall–Kier alpha value is -4.43. The van der Waals surface area contributed by atoms with Crippen LogP contribution in [0.4, 0.5) is 5.69 Å². The van der Waals surface area contributed by atoms with Crippen LogP contribution in [0.15, 0.2) is 84.9 Å². The number of aromatic nitrogens is 1. The quantitative estimate of drug-likeness (QED) is 0.289. The highest BCUT2D eigenvalue weighted by Gasteiger charge is 2.20. The molecule has 2 amide bonds. The van der Waals surface area contributed by atoms with Crippen molar-refractivity contribution in [3.8, 4) is 5.75 Å². The molecule has 0 radical (unpaired) electrons. The number of hydrogen-bond acceptors (Lipinski definition) is 6. The first-order valence-electron chi connectivity index (χ1n) is 11.7. The van der Waals surface area contributed by atoms with Crippen molar-refractivity contribution in [2.45, 2.75) is 6.61 Å². The summed E-state index contributed by atoms with van der Waals surface area (Å²) in [7, 11) is 0. The van der Waals surface area contributed by atoms with Gasteiger partial charge >= 0.3 is 0 Å². The van der Waals surface area contributed by atoms with Gasteiger partial charge in [0.15, 0.2) is 0 Å². The van der Waals surface area contributed by atoms with Crippen LogP contribution in [0.2, 0.25) is 0 Å². The molecular weight excluding hydrogens is 456 g/mol. The van der Waals surface area contributed by atoms with E-state index in [9.17, 15) is 9.59 Å². The highest BCUT2D eigenvalue weighted by Crippen LogP contribution is 2.21. The van der Waals surface area contributed by atoms with Gasteiger partial charge in [0.2, 0.25) is 5.91 Å². The first-order chi connectivity index (χ1) is 17.6. The maximum Gasteiger partial charge on any atom is 0.267 e. The third-order valence-electron chi connectivity index (χ3n) is 5.75. The molecule has 0 spiro atoms. The SMILES string of the molecule is O=C(/C=C/c1cccc(/C=C/C(=O)N2CCN(c3ccc(OCc4ccccc4)cc3)CC2)n1)NO. The van der Waals surface area contributed by atoms with Crippen molar-refractivity contribution in [3.63, 3.8) is 0 Å². The molecule has 4 rings (SSSR count). The van der Waals surface area contributed by atoms with E-state index < -0.39 is 5.91 Å². The van der Waals surface area contributed by atoms with E-state index in [0.29, 0.717) is 31.1 Å². The second-order valence-electron chi connectivity index (χ2n) is 8.21. The molecule has 2 N–H and O–H groups in total. The molecule has 36 heavy (non-hydrogen) atoms. The molecule has 0 bridgehead atoms. The molecule has 1 saturated heterocycles. The normalized spacial score (nSPS) is 13.8. The second-order valence-corrected chi connectivity index (χ2v) is 8.21. The minimum absolute atomic E-state index is 0.0679. The molecular formula is C28H28N4O4. The van der Waals surface area contributed by atoms with Crippen LogP contribution in [0, 0.1) is 0 Å². The van der Waals surface area contributed by atoms with E-state index in [2.05, 4.69) is 22.0 Å². The first kappa shape index (κ1) is 24.7. The Morgan fingerprint density at radius 1 is 0.861 bits per heavy atom. The van der Waals surface area contributed by atoms with E-state index in [4.69, 9.17) is 9.94 Å². The van der Waals surface area contributed by atoms with Gasteiger partial charge in [-0.2, -0.15) is 0 Å². The Bertz CT molecular complexity index is 1220. The van der Waals surface area contributed by atoms with Gasteiger partial charge in [-0.05, 0) is 54.1 Å². The van der Waals surface area contributed by atoms with Crippen LogP contribution in [0.25, 0.3) is 12.2 Å². The monoisotopic (exact) mass is 484 g/mol. The van der Waals surface area contributed by atoms with Crippen molar-refractivity contribution in [1.82, 2.24) is 15.4 Å². The highest BCUT2D eigenvalue weighted by atomic mass is 16.5. The van der Waals surface area contributed by atoms with E-state index in [0.717, 1.165) is 30.1 Å². The van der Waals surface area contributed by atoms with Crippen molar-refractivity contribution in [3.05, 3.63) is 102 Å². The molecule has 184 valence electrons. The van der Waals surface area contributed by atoms with Gasteiger partial charge in [0, 0.05) is 44.0 Å². The number of rotatable bonds is 8. The minimum Gasteiger partial charge on any atom is -0.489 e. The summed E-state index contributed by atoms with van der Waals surface area (Å²) >= 11 is 0. The lowest BCUT2D eigenvalue weighted by atomic mass is 10.2. The molecule has 2 aromatic carbocycles. The zero-order valence-electron chi connectivity index (χ0n) is 19.8. The summed E-state index contributed by atoms with van der Waals surface area (Å²) in [5, 5.41) is 8.55. The fraction of sp³-hybridized carbons (Fsp3) is 0.179. The summed E-state index contributed by atoms with van der Waals surface area (Å²) in [6, 6.07) is 23.4. The van der Waals surface area contributed by atoms with Crippen molar-refractivity contribution < 1.29 is 19.5 Å². The standard InChI is InChI=1S/C28H28N4O4/c33-27(30-35)15-9-23-7-4-8-24(29-23)10-16-28(34)32-19-17-31(18-20-32)25-11-13-26(14-12-25)36-21-22-5-2-1-3-6-22/h1-16,35H,17-21H2,(H,30,33)/b15-9+,16-10+. The fourth-order valence-electron chi connectivity index (χ4n) is 3.79. The van der Waals surface area contributed by atoms with Crippen molar-refractivity contribution in [1.29, 1.82) is 0 Å². The Labute approximate surface area is 210 Å². The molecule has 2 heterocycles. The summed E-state index contributed by atoms with van der Waals surface area (Å²) in [6.07, 6.45) is 5.83. The summed E-state index contributed by atoms with van der Waals surface area (Å²) in [4.78, 5) is 32.2. The average molecular weight is 485 g/mol. The van der Waals surface area contributed by atoms with E-state index >= 15 is 0 Å². The van der Waals surface area contributed by atoms with Crippen LogP contribution in [0.3, 0.4) is 0 Å². The number of anilines is 1. The minimum atomic E-state index is -0.639. The van der Waals surface area contributed by atoms with E-state index in [1.165, 1.54) is 23.7 Å². The molecule has 0 unspecified atom stereocenters. The van der Waals surface area contributed by atoms with E-state index in [1.54, 1.807) is 24.3 Å². The molecule has 0 aliphatic carbocycles. The molecule has 1 fully saturated rings. The maximum atomic E-state index is 12.7.